The van der Waals surface area contributed by atoms with Gasteiger partial charge in [0, 0.05) is 7.11 Å². The van der Waals surface area contributed by atoms with E-state index < -0.39 is 36.5 Å². The van der Waals surface area contributed by atoms with Gasteiger partial charge in [-0.2, -0.15) is 48.3 Å². The topological polar surface area (TPSA) is 9.23 Å². The minimum atomic E-state index is -7.36. The SMILES string of the molecule is COCC(F)(F)C(F)(F)C(F)(F)C(F)(F)C(F)(F)F. The lowest BCUT2D eigenvalue weighted by atomic mass is 9.98. The van der Waals surface area contributed by atoms with Crippen LogP contribution in [-0.4, -0.2) is 43.6 Å². The summed E-state index contributed by atoms with van der Waals surface area (Å²) in [5.41, 5.74) is 0. The smallest absolute Gasteiger partial charge is 0.378 e. The summed E-state index contributed by atoms with van der Waals surface area (Å²) in [5.74, 6) is -27.6. The molecule has 0 aliphatic rings. The van der Waals surface area contributed by atoms with Gasteiger partial charge in [0.05, 0.1) is 0 Å². The van der Waals surface area contributed by atoms with E-state index >= 15 is 0 Å². The van der Waals surface area contributed by atoms with Gasteiger partial charge >= 0.3 is 29.9 Å². The van der Waals surface area contributed by atoms with Crippen molar-refractivity contribution in [1.29, 1.82) is 0 Å². The molecule has 0 aromatic rings. The molecule has 116 valence electrons. The Bertz CT molecular complexity index is 317. The molecule has 0 N–H and O–H groups in total. The van der Waals surface area contributed by atoms with Crippen LogP contribution in [0, 0.1) is 0 Å². The van der Waals surface area contributed by atoms with Crippen LogP contribution in [0.3, 0.4) is 0 Å². The van der Waals surface area contributed by atoms with Crippen molar-refractivity contribution in [2.75, 3.05) is 13.7 Å². The first-order valence-electron chi connectivity index (χ1n) is 4.13. The second-order valence-electron chi connectivity index (χ2n) is 3.36. The quantitative estimate of drug-likeness (QED) is 0.703. The van der Waals surface area contributed by atoms with Crippen LogP contribution in [0.2, 0.25) is 0 Å². The zero-order chi connectivity index (χ0) is 15.9. The summed E-state index contributed by atoms with van der Waals surface area (Å²) >= 11 is 0. The molecule has 0 saturated heterocycles. The predicted molar refractivity (Wildman–Crippen MR) is 37.7 cm³/mol. The standard InChI is InChI=1S/C7H5F11O/c1-19-2-3(8,9)4(10,11)5(12,13)6(14,15)7(16,17)18/h2H2,1H3. The van der Waals surface area contributed by atoms with Gasteiger partial charge in [0.25, 0.3) is 0 Å². The average Bonchev–Trinajstić information content (AvgIpc) is 2.14. The van der Waals surface area contributed by atoms with Gasteiger partial charge < -0.3 is 4.74 Å². The lowest BCUT2D eigenvalue weighted by Gasteiger charge is -2.36. The predicted octanol–water partition coefficient (Wildman–Crippen LogP) is 3.74. The van der Waals surface area contributed by atoms with Crippen LogP contribution in [0.15, 0.2) is 0 Å². The number of alkyl halides is 11. The third kappa shape index (κ3) is 2.58. The lowest BCUT2D eigenvalue weighted by molar-refractivity contribution is -0.424. The van der Waals surface area contributed by atoms with Crippen molar-refractivity contribution in [3.05, 3.63) is 0 Å². The van der Waals surface area contributed by atoms with Gasteiger partial charge in [-0.15, -0.1) is 0 Å². The van der Waals surface area contributed by atoms with Crippen LogP contribution in [0.4, 0.5) is 48.3 Å². The van der Waals surface area contributed by atoms with Gasteiger partial charge in [0.2, 0.25) is 0 Å². The highest BCUT2D eigenvalue weighted by molar-refractivity contribution is 5.06. The van der Waals surface area contributed by atoms with Crippen LogP contribution in [-0.2, 0) is 4.74 Å². The fourth-order valence-electron chi connectivity index (χ4n) is 0.877. The summed E-state index contributed by atoms with van der Waals surface area (Å²) in [6.45, 7) is -2.47. The number of rotatable bonds is 5. The van der Waals surface area contributed by atoms with Crippen LogP contribution in [0.5, 0.6) is 0 Å². The normalized spacial score (nSPS) is 15.8. The number of methoxy groups -OCH3 is 1. The summed E-state index contributed by atoms with van der Waals surface area (Å²) < 4.78 is 138. The molecule has 19 heavy (non-hydrogen) atoms. The summed E-state index contributed by atoms with van der Waals surface area (Å²) in [5, 5.41) is 0. The van der Waals surface area contributed by atoms with Crippen molar-refractivity contribution in [1.82, 2.24) is 0 Å². The molecule has 0 unspecified atom stereocenters. The molecule has 0 rings (SSSR count). The third-order valence-corrected chi connectivity index (χ3v) is 1.93. The van der Waals surface area contributed by atoms with Crippen LogP contribution < -0.4 is 0 Å². The molecular weight excluding hydrogens is 309 g/mol. The Morgan fingerprint density at radius 1 is 0.632 bits per heavy atom. The fraction of sp³-hybridized carbons (Fsp3) is 1.00. The number of halogens is 11. The van der Waals surface area contributed by atoms with Crippen molar-refractivity contribution in [3.63, 3.8) is 0 Å². The Kier molecular flexibility index (Phi) is 4.43. The number of hydrogen-bond donors (Lipinski definition) is 0. The van der Waals surface area contributed by atoms with Crippen molar-refractivity contribution in [2.24, 2.45) is 0 Å². The minimum absolute atomic E-state index is 0.337. The maximum absolute atomic E-state index is 12.6. The molecule has 0 saturated carbocycles. The van der Waals surface area contributed by atoms with Crippen molar-refractivity contribution < 1.29 is 53.0 Å². The van der Waals surface area contributed by atoms with E-state index in [2.05, 4.69) is 4.74 Å². The molecular formula is C7H5F11O. The zero-order valence-electron chi connectivity index (χ0n) is 8.77. The Morgan fingerprint density at radius 3 is 1.26 bits per heavy atom. The summed E-state index contributed by atoms with van der Waals surface area (Å²) in [6.07, 6.45) is -7.14. The Morgan fingerprint density at radius 2 is 1.00 bits per heavy atom. The molecule has 0 fully saturated rings. The first-order valence-corrected chi connectivity index (χ1v) is 4.13. The van der Waals surface area contributed by atoms with Crippen molar-refractivity contribution in [3.8, 4) is 0 Å². The largest absolute Gasteiger partial charge is 0.460 e. The highest BCUT2D eigenvalue weighted by Gasteiger charge is 2.87. The van der Waals surface area contributed by atoms with Gasteiger partial charge in [-0.3, -0.25) is 0 Å². The second-order valence-corrected chi connectivity index (χ2v) is 3.36. The molecule has 0 spiro atoms. The number of hydrogen-bond acceptors (Lipinski definition) is 1. The maximum atomic E-state index is 12.6. The van der Waals surface area contributed by atoms with E-state index in [1.54, 1.807) is 0 Å². The van der Waals surface area contributed by atoms with Crippen LogP contribution >= 0.6 is 0 Å². The van der Waals surface area contributed by atoms with Gasteiger partial charge in [-0.25, -0.2) is 0 Å². The van der Waals surface area contributed by atoms with E-state index in [1.165, 1.54) is 0 Å². The van der Waals surface area contributed by atoms with Crippen LogP contribution in [0.25, 0.3) is 0 Å². The molecule has 0 radical (unpaired) electrons. The highest BCUT2D eigenvalue weighted by atomic mass is 19.4. The molecule has 0 atom stereocenters. The molecule has 0 heterocycles. The third-order valence-electron chi connectivity index (χ3n) is 1.93. The van der Waals surface area contributed by atoms with Gasteiger partial charge in [-0.05, 0) is 0 Å². The lowest BCUT2D eigenvalue weighted by Crippen LogP contribution is -2.67. The van der Waals surface area contributed by atoms with Gasteiger partial charge in [0.15, 0.2) is 0 Å². The Labute approximate surface area is 97.9 Å². The monoisotopic (exact) mass is 314 g/mol. The summed E-state index contributed by atoms with van der Waals surface area (Å²) in [4.78, 5) is 0. The zero-order valence-corrected chi connectivity index (χ0v) is 8.77. The van der Waals surface area contributed by atoms with Crippen LogP contribution in [0.1, 0.15) is 0 Å². The average molecular weight is 314 g/mol. The van der Waals surface area contributed by atoms with E-state index in [0.717, 1.165) is 0 Å². The Hall–Kier alpha value is -0.810. The fourth-order valence-corrected chi connectivity index (χ4v) is 0.877. The molecule has 0 aromatic heterocycles. The molecule has 1 nitrogen and oxygen atoms in total. The Balaban J connectivity index is 5.77. The summed E-state index contributed by atoms with van der Waals surface area (Å²) in [6, 6.07) is 0. The van der Waals surface area contributed by atoms with E-state index in [-0.39, 0.29) is 0 Å². The van der Waals surface area contributed by atoms with E-state index in [1.807, 2.05) is 0 Å². The van der Waals surface area contributed by atoms with Gasteiger partial charge in [0.1, 0.15) is 6.61 Å². The summed E-state index contributed by atoms with van der Waals surface area (Å²) in [7, 11) is 0.337. The van der Waals surface area contributed by atoms with E-state index in [0.29, 0.717) is 7.11 Å². The van der Waals surface area contributed by atoms with E-state index in [4.69, 9.17) is 0 Å². The first kappa shape index (κ1) is 18.2. The minimum Gasteiger partial charge on any atom is -0.378 e. The molecule has 0 amide bonds. The maximum Gasteiger partial charge on any atom is 0.460 e. The molecule has 12 heteroatoms. The molecule has 0 aliphatic carbocycles. The highest BCUT2D eigenvalue weighted by Crippen LogP contribution is 2.57. The van der Waals surface area contributed by atoms with Crippen molar-refractivity contribution >= 4 is 0 Å². The van der Waals surface area contributed by atoms with Crippen molar-refractivity contribution in [2.45, 2.75) is 29.9 Å². The molecule has 0 bridgehead atoms. The molecule has 0 aliphatic heterocycles. The van der Waals surface area contributed by atoms with E-state index in [9.17, 15) is 48.3 Å². The molecule has 0 aromatic carbocycles. The first-order chi connectivity index (χ1) is 8.06. The van der Waals surface area contributed by atoms with Gasteiger partial charge in [-0.1, -0.05) is 0 Å². The second kappa shape index (κ2) is 4.63. The number of ether oxygens (including phenoxy) is 1.